The van der Waals surface area contributed by atoms with Crippen LogP contribution in [0.4, 0.5) is 0 Å². The molecule has 86 valence electrons. The normalized spacial score (nSPS) is 23.1. The van der Waals surface area contributed by atoms with Crippen molar-refractivity contribution < 1.29 is 4.21 Å². The minimum atomic E-state index is -0.882. The highest BCUT2D eigenvalue weighted by atomic mass is 35.5. The van der Waals surface area contributed by atoms with Gasteiger partial charge in [0.15, 0.2) is 4.34 Å². The first kappa shape index (κ1) is 13.1. The number of nitrogens with zero attached hydrogens (tertiary/aromatic N) is 1. The van der Waals surface area contributed by atoms with E-state index in [-0.39, 0.29) is 12.4 Å². The Morgan fingerprint density at radius 1 is 1.67 bits per heavy atom. The molecule has 1 saturated heterocycles. The third-order valence-electron chi connectivity index (χ3n) is 2.39. The van der Waals surface area contributed by atoms with Crippen molar-refractivity contribution in [3.63, 3.8) is 0 Å². The Morgan fingerprint density at radius 3 is 3.13 bits per heavy atom. The number of thiazole rings is 1. The molecule has 15 heavy (non-hydrogen) atoms. The van der Waals surface area contributed by atoms with E-state index in [2.05, 4.69) is 10.3 Å². The fraction of sp³-hybridized carbons (Fsp3) is 0.667. The number of piperidine rings is 1. The molecular formula is C9H15ClN2OS2. The molecule has 0 spiro atoms. The molecule has 2 rings (SSSR count). The van der Waals surface area contributed by atoms with Crippen molar-refractivity contribution in [2.45, 2.75) is 17.2 Å². The Labute approximate surface area is 103 Å². The molecule has 0 amide bonds. The van der Waals surface area contributed by atoms with Crippen molar-refractivity contribution in [3.8, 4) is 0 Å². The van der Waals surface area contributed by atoms with Crippen molar-refractivity contribution in [3.05, 3.63) is 11.6 Å². The summed E-state index contributed by atoms with van der Waals surface area (Å²) in [6.45, 7) is 2.12. The van der Waals surface area contributed by atoms with Crippen LogP contribution >= 0.6 is 23.7 Å². The zero-order valence-corrected chi connectivity index (χ0v) is 10.8. The second-order valence-corrected chi connectivity index (χ2v) is 6.09. The maximum atomic E-state index is 11.8. The minimum absolute atomic E-state index is 0. The largest absolute Gasteiger partial charge is 0.316 e. The van der Waals surface area contributed by atoms with E-state index < -0.39 is 10.8 Å². The first-order chi connectivity index (χ1) is 6.86. The molecule has 1 aliphatic rings. The molecule has 2 unspecified atom stereocenters. The van der Waals surface area contributed by atoms with Gasteiger partial charge in [0.2, 0.25) is 0 Å². The molecule has 3 nitrogen and oxygen atoms in total. The molecule has 0 aromatic carbocycles. The van der Waals surface area contributed by atoms with Crippen LogP contribution in [-0.4, -0.2) is 28.0 Å². The Balaban J connectivity index is 0.00000112. The van der Waals surface area contributed by atoms with Crippen LogP contribution in [0.3, 0.4) is 0 Å². The summed E-state index contributed by atoms with van der Waals surface area (Å²) in [4.78, 5) is 4.08. The van der Waals surface area contributed by atoms with E-state index in [0.717, 1.165) is 23.2 Å². The van der Waals surface area contributed by atoms with Crippen LogP contribution in [0, 0.1) is 5.92 Å². The number of nitrogens with one attached hydrogen (secondary N) is 1. The monoisotopic (exact) mass is 266 g/mol. The summed E-state index contributed by atoms with van der Waals surface area (Å²) in [5.41, 5.74) is 0. The van der Waals surface area contributed by atoms with Crippen molar-refractivity contribution in [1.82, 2.24) is 10.3 Å². The highest BCUT2D eigenvalue weighted by Crippen LogP contribution is 2.16. The summed E-state index contributed by atoms with van der Waals surface area (Å²) in [5, 5.41) is 5.22. The number of hydrogen-bond acceptors (Lipinski definition) is 4. The van der Waals surface area contributed by atoms with Gasteiger partial charge in [0.05, 0.1) is 10.8 Å². The molecule has 1 aromatic rings. The van der Waals surface area contributed by atoms with Gasteiger partial charge < -0.3 is 5.32 Å². The second-order valence-electron chi connectivity index (χ2n) is 3.52. The first-order valence-electron chi connectivity index (χ1n) is 4.85. The van der Waals surface area contributed by atoms with E-state index in [9.17, 15) is 4.21 Å². The van der Waals surface area contributed by atoms with Gasteiger partial charge in [-0.25, -0.2) is 4.98 Å². The molecule has 0 saturated carbocycles. The fourth-order valence-electron chi connectivity index (χ4n) is 1.67. The van der Waals surface area contributed by atoms with E-state index >= 15 is 0 Å². The summed E-state index contributed by atoms with van der Waals surface area (Å²) < 4.78 is 12.6. The average molecular weight is 267 g/mol. The van der Waals surface area contributed by atoms with E-state index in [1.54, 1.807) is 6.20 Å². The molecule has 0 radical (unpaired) electrons. The van der Waals surface area contributed by atoms with Gasteiger partial charge >= 0.3 is 0 Å². The van der Waals surface area contributed by atoms with Crippen LogP contribution < -0.4 is 5.32 Å². The zero-order chi connectivity index (χ0) is 9.80. The lowest BCUT2D eigenvalue weighted by Gasteiger charge is -2.21. The lowest BCUT2D eigenvalue weighted by atomic mass is 10.0. The van der Waals surface area contributed by atoms with Crippen LogP contribution in [0.15, 0.2) is 15.9 Å². The molecular weight excluding hydrogens is 252 g/mol. The topological polar surface area (TPSA) is 42.0 Å². The Kier molecular flexibility index (Phi) is 5.74. The highest BCUT2D eigenvalue weighted by Gasteiger charge is 2.17. The smallest absolute Gasteiger partial charge is 0.180 e. The van der Waals surface area contributed by atoms with Crippen LogP contribution in [0.1, 0.15) is 12.8 Å². The van der Waals surface area contributed by atoms with Gasteiger partial charge in [-0.2, -0.15) is 0 Å². The van der Waals surface area contributed by atoms with Gasteiger partial charge in [-0.05, 0) is 31.8 Å². The number of rotatable bonds is 3. The quantitative estimate of drug-likeness (QED) is 0.905. The number of hydrogen-bond donors (Lipinski definition) is 1. The third kappa shape index (κ3) is 3.83. The van der Waals surface area contributed by atoms with Gasteiger partial charge in [-0.15, -0.1) is 23.7 Å². The van der Waals surface area contributed by atoms with Gasteiger partial charge in [0.25, 0.3) is 0 Å². The molecule has 2 heterocycles. The summed E-state index contributed by atoms with van der Waals surface area (Å²) in [6.07, 6.45) is 4.13. The van der Waals surface area contributed by atoms with Gasteiger partial charge in [0.1, 0.15) is 0 Å². The van der Waals surface area contributed by atoms with Crippen molar-refractivity contribution in [2.24, 2.45) is 5.92 Å². The van der Waals surface area contributed by atoms with E-state index in [4.69, 9.17) is 0 Å². The van der Waals surface area contributed by atoms with E-state index in [0.29, 0.717) is 5.92 Å². The third-order valence-corrected chi connectivity index (χ3v) is 5.07. The lowest BCUT2D eigenvalue weighted by Crippen LogP contribution is -2.32. The Bertz CT molecular complexity index is 299. The van der Waals surface area contributed by atoms with E-state index in [1.807, 2.05) is 5.38 Å². The maximum Gasteiger partial charge on any atom is 0.180 e. The fourth-order valence-corrected chi connectivity index (χ4v) is 3.87. The number of aromatic nitrogens is 1. The van der Waals surface area contributed by atoms with Crippen LogP contribution in [0.2, 0.25) is 0 Å². The molecule has 6 heteroatoms. The second kappa shape index (κ2) is 6.58. The van der Waals surface area contributed by atoms with Gasteiger partial charge in [-0.1, -0.05) is 0 Å². The first-order valence-corrected chi connectivity index (χ1v) is 7.04. The minimum Gasteiger partial charge on any atom is -0.316 e. The molecule has 1 aliphatic heterocycles. The van der Waals surface area contributed by atoms with Crippen molar-refractivity contribution in [1.29, 1.82) is 0 Å². The predicted molar refractivity (Wildman–Crippen MR) is 66.2 cm³/mol. The highest BCUT2D eigenvalue weighted by molar-refractivity contribution is 7.87. The standard InChI is InChI=1S/C9H14N2OS2.ClH/c12-14(9-11-4-5-13-9)7-8-2-1-3-10-6-8;/h4-5,8,10H,1-3,6-7H2;1H. The summed E-state index contributed by atoms with van der Waals surface area (Å²) in [7, 11) is -0.882. The molecule has 0 aliphatic carbocycles. The Morgan fingerprint density at radius 2 is 2.53 bits per heavy atom. The Hall–Kier alpha value is 0.0300. The number of halogens is 1. The maximum absolute atomic E-state index is 11.8. The summed E-state index contributed by atoms with van der Waals surface area (Å²) in [6, 6.07) is 0. The zero-order valence-electron chi connectivity index (χ0n) is 8.35. The molecule has 2 atom stereocenters. The summed E-state index contributed by atoms with van der Waals surface area (Å²) >= 11 is 1.49. The molecule has 1 aromatic heterocycles. The van der Waals surface area contributed by atoms with Crippen molar-refractivity contribution >= 4 is 34.5 Å². The van der Waals surface area contributed by atoms with Gasteiger partial charge in [0, 0.05) is 17.3 Å². The SMILES string of the molecule is Cl.O=S(CC1CCCNC1)c1nccs1. The van der Waals surface area contributed by atoms with Gasteiger partial charge in [-0.3, -0.25) is 4.21 Å². The van der Waals surface area contributed by atoms with Crippen LogP contribution in [0.5, 0.6) is 0 Å². The summed E-state index contributed by atoms with van der Waals surface area (Å²) in [5.74, 6) is 1.33. The molecule has 1 N–H and O–H groups in total. The average Bonchev–Trinajstić information content (AvgIpc) is 2.72. The predicted octanol–water partition coefficient (Wildman–Crippen LogP) is 1.67. The van der Waals surface area contributed by atoms with Crippen LogP contribution in [0.25, 0.3) is 0 Å². The van der Waals surface area contributed by atoms with Crippen LogP contribution in [-0.2, 0) is 10.8 Å². The molecule has 0 bridgehead atoms. The molecule has 1 fully saturated rings. The van der Waals surface area contributed by atoms with Crippen molar-refractivity contribution in [2.75, 3.05) is 18.8 Å². The lowest BCUT2D eigenvalue weighted by molar-refractivity contribution is 0.408. The van der Waals surface area contributed by atoms with E-state index in [1.165, 1.54) is 24.2 Å².